The van der Waals surface area contributed by atoms with Gasteiger partial charge in [0.15, 0.2) is 6.29 Å². The topological polar surface area (TPSA) is 79.7 Å². The lowest BCUT2D eigenvalue weighted by Gasteiger charge is -2.36. The zero-order chi connectivity index (χ0) is 24.8. The van der Waals surface area contributed by atoms with Crippen molar-refractivity contribution in [3.63, 3.8) is 0 Å². The number of carbonyl (C=O) groups is 2. The number of alkyl halides is 3. The van der Waals surface area contributed by atoms with Gasteiger partial charge in [-0.2, -0.15) is 13.2 Å². The number of hydrogen-bond donors (Lipinski definition) is 0. The fraction of sp³-hybridized carbons (Fsp3) is 0.238. The Morgan fingerprint density at radius 3 is 2.32 bits per heavy atom. The number of aromatic nitrogens is 1. The van der Waals surface area contributed by atoms with E-state index in [-0.39, 0.29) is 52.6 Å². The Labute approximate surface area is 196 Å². The number of aldehydes is 1. The van der Waals surface area contributed by atoms with Crippen LogP contribution in [0.15, 0.2) is 47.5 Å². The summed E-state index contributed by atoms with van der Waals surface area (Å²) < 4.78 is 79.2. The van der Waals surface area contributed by atoms with Crippen molar-refractivity contribution >= 4 is 50.4 Å². The van der Waals surface area contributed by atoms with Crippen LogP contribution >= 0.6 is 11.6 Å². The molecule has 0 radical (unpaired) electrons. The molecule has 2 aromatic carbocycles. The van der Waals surface area contributed by atoms with Gasteiger partial charge in [-0.25, -0.2) is 16.8 Å². The molecule has 0 saturated carbocycles. The van der Waals surface area contributed by atoms with E-state index in [2.05, 4.69) is 0 Å². The molecule has 4 rings (SSSR count). The van der Waals surface area contributed by atoms with Crippen molar-refractivity contribution in [3.05, 3.63) is 59.0 Å². The second kappa shape index (κ2) is 8.58. The standard InChI is InChI=1S/C21H16ClF4N3O4S/c22-14-8-17(27-4-6-28(7-5-27)20(31)21(24,25)26)19-13(12-30)11-29(18(19)9-14)34(32,33)16-3-1-2-15(23)10-16/h1-3,8-12H,4-7H2. The number of hydrogen-bond acceptors (Lipinski definition) is 5. The molecular weight excluding hydrogens is 502 g/mol. The number of amides is 1. The molecule has 1 saturated heterocycles. The van der Waals surface area contributed by atoms with E-state index < -0.39 is 27.9 Å². The van der Waals surface area contributed by atoms with Gasteiger partial charge in [0.25, 0.3) is 10.0 Å². The van der Waals surface area contributed by atoms with Crippen molar-refractivity contribution < 1.29 is 35.6 Å². The SMILES string of the molecule is O=Cc1cn(S(=O)(=O)c2cccc(F)c2)c2cc(Cl)cc(N3CCN(C(=O)C(F)(F)F)CC3)c12. The fourth-order valence-electron chi connectivity index (χ4n) is 3.92. The Morgan fingerprint density at radius 2 is 1.74 bits per heavy atom. The van der Waals surface area contributed by atoms with Crippen LogP contribution < -0.4 is 4.90 Å². The van der Waals surface area contributed by atoms with Crippen molar-refractivity contribution in [1.29, 1.82) is 0 Å². The lowest BCUT2D eigenvalue weighted by atomic mass is 10.1. The van der Waals surface area contributed by atoms with E-state index in [1.54, 1.807) is 4.90 Å². The Morgan fingerprint density at radius 1 is 1.06 bits per heavy atom. The average Bonchev–Trinajstić information content (AvgIpc) is 3.17. The quantitative estimate of drug-likeness (QED) is 0.389. The van der Waals surface area contributed by atoms with Crippen LogP contribution in [0.5, 0.6) is 0 Å². The normalized spacial score (nSPS) is 15.1. The van der Waals surface area contributed by atoms with Crippen LogP contribution in [0.3, 0.4) is 0 Å². The van der Waals surface area contributed by atoms with Gasteiger partial charge in [-0.1, -0.05) is 17.7 Å². The molecule has 0 bridgehead atoms. The second-order valence-electron chi connectivity index (χ2n) is 7.56. The van der Waals surface area contributed by atoms with Crippen LogP contribution in [0.1, 0.15) is 10.4 Å². The predicted octanol–water partition coefficient (Wildman–Crippen LogP) is 3.69. The maximum Gasteiger partial charge on any atom is 0.471 e. The van der Waals surface area contributed by atoms with Gasteiger partial charge < -0.3 is 9.80 Å². The van der Waals surface area contributed by atoms with Crippen LogP contribution in [0, 0.1) is 5.82 Å². The van der Waals surface area contributed by atoms with Gasteiger partial charge in [-0.3, -0.25) is 9.59 Å². The van der Waals surface area contributed by atoms with Crippen LogP contribution in [-0.2, 0) is 14.8 Å². The molecule has 3 aromatic rings. The molecule has 1 aliphatic rings. The van der Waals surface area contributed by atoms with Crippen LogP contribution in [0.25, 0.3) is 10.9 Å². The minimum absolute atomic E-state index is 0.00259. The summed E-state index contributed by atoms with van der Waals surface area (Å²) in [6, 6.07) is 7.15. The molecule has 34 heavy (non-hydrogen) atoms. The summed E-state index contributed by atoms with van der Waals surface area (Å²) in [4.78, 5) is 25.3. The molecule has 1 aromatic heterocycles. The highest BCUT2D eigenvalue weighted by atomic mass is 35.5. The molecule has 180 valence electrons. The van der Waals surface area contributed by atoms with Crippen molar-refractivity contribution in [2.45, 2.75) is 11.1 Å². The summed E-state index contributed by atoms with van der Waals surface area (Å²) in [7, 11) is -4.32. The minimum atomic E-state index is -4.99. The highest BCUT2D eigenvalue weighted by molar-refractivity contribution is 7.90. The Kier molecular flexibility index (Phi) is 6.06. The van der Waals surface area contributed by atoms with Gasteiger partial charge in [0.1, 0.15) is 5.82 Å². The molecule has 0 spiro atoms. The number of benzene rings is 2. The molecule has 13 heteroatoms. The first-order valence-electron chi connectivity index (χ1n) is 9.85. The zero-order valence-electron chi connectivity index (χ0n) is 17.2. The Bertz CT molecular complexity index is 1400. The molecule has 1 fully saturated rings. The van der Waals surface area contributed by atoms with E-state index in [0.29, 0.717) is 16.9 Å². The van der Waals surface area contributed by atoms with Crippen molar-refractivity contribution in [2.75, 3.05) is 31.1 Å². The highest BCUT2D eigenvalue weighted by Crippen LogP contribution is 2.36. The van der Waals surface area contributed by atoms with Gasteiger partial charge >= 0.3 is 12.1 Å². The van der Waals surface area contributed by atoms with Crippen molar-refractivity contribution in [3.8, 4) is 0 Å². The third kappa shape index (κ3) is 4.23. The first-order chi connectivity index (χ1) is 15.9. The summed E-state index contributed by atoms with van der Waals surface area (Å²) in [5.41, 5.74) is 0.370. The molecule has 0 unspecified atom stereocenters. The Hall–Kier alpha value is -3.12. The van der Waals surface area contributed by atoms with E-state index in [4.69, 9.17) is 11.6 Å². The van der Waals surface area contributed by atoms with Gasteiger partial charge in [0.2, 0.25) is 0 Å². The molecule has 2 heterocycles. The lowest BCUT2D eigenvalue weighted by Crippen LogP contribution is -2.52. The van der Waals surface area contributed by atoms with Gasteiger partial charge in [0, 0.05) is 54.0 Å². The molecule has 1 amide bonds. The van der Waals surface area contributed by atoms with E-state index in [1.165, 1.54) is 24.3 Å². The number of rotatable bonds is 4. The highest BCUT2D eigenvalue weighted by Gasteiger charge is 2.43. The number of halogens is 5. The Balaban J connectivity index is 1.79. The second-order valence-corrected chi connectivity index (χ2v) is 9.81. The number of fused-ring (bicyclic) bond motifs is 1. The zero-order valence-corrected chi connectivity index (χ0v) is 18.8. The molecule has 0 N–H and O–H groups in total. The predicted molar refractivity (Wildman–Crippen MR) is 116 cm³/mol. The fourth-order valence-corrected chi connectivity index (χ4v) is 5.52. The summed E-state index contributed by atoms with van der Waals surface area (Å²) >= 11 is 6.23. The average molecular weight is 518 g/mol. The number of anilines is 1. The minimum Gasteiger partial charge on any atom is -0.367 e. The summed E-state index contributed by atoms with van der Waals surface area (Å²) in [5.74, 6) is -2.71. The summed E-state index contributed by atoms with van der Waals surface area (Å²) in [5, 5.41) is 0.331. The molecule has 0 aliphatic carbocycles. The maximum atomic E-state index is 13.7. The van der Waals surface area contributed by atoms with Crippen molar-refractivity contribution in [1.82, 2.24) is 8.87 Å². The van der Waals surface area contributed by atoms with E-state index in [0.717, 1.165) is 22.3 Å². The number of piperazine rings is 1. The third-order valence-electron chi connectivity index (χ3n) is 5.47. The van der Waals surface area contributed by atoms with Gasteiger partial charge in [-0.15, -0.1) is 0 Å². The summed E-state index contributed by atoms with van der Waals surface area (Å²) in [6.45, 7) is -0.467. The van der Waals surface area contributed by atoms with Crippen LogP contribution in [0.2, 0.25) is 5.02 Å². The van der Waals surface area contributed by atoms with Crippen molar-refractivity contribution in [2.24, 2.45) is 0 Å². The smallest absolute Gasteiger partial charge is 0.367 e. The molecule has 0 atom stereocenters. The largest absolute Gasteiger partial charge is 0.471 e. The molecule has 7 nitrogen and oxygen atoms in total. The monoisotopic (exact) mass is 517 g/mol. The first-order valence-corrected chi connectivity index (χ1v) is 11.7. The maximum absolute atomic E-state index is 13.7. The van der Waals surface area contributed by atoms with E-state index in [9.17, 15) is 35.6 Å². The lowest BCUT2D eigenvalue weighted by molar-refractivity contribution is -0.185. The van der Waals surface area contributed by atoms with Crippen LogP contribution in [-0.4, -0.2) is 61.8 Å². The molecular formula is C21H16ClF4N3O4S. The third-order valence-corrected chi connectivity index (χ3v) is 7.36. The van der Waals surface area contributed by atoms with Gasteiger partial charge in [0.05, 0.1) is 10.4 Å². The summed E-state index contributed by atoms with van der Waals surface area (Å²) in [6.07, 6.45) is -3.46. The molecule has 1 aliphatic heterocycles. The number of carbonyl (C=O) groups excluding carboxylic acids is 2. The first kappa shape index (κ1) is 24.0. The van der Waals surface area contributed by atoms with E-state index in [1.807, 2.05) is 0 Å². The number of nitrogens with zero attached hydrogens (tertiary/aromatic N) is 3. The van der Waals surface area contributed by atoms with E-state index >= 15 is 0 Å². The van der Waals surface area contributed by atoms with Gasteiger partial charge in [-0.05, 0) is 30.3 Å². The van der Waals surface area contributed by atoms with Crippen LogP contribution in [0.4, 0.5) is 23.2 Å².